The maximum Gasteiger partial charge on any atom is 0.0861 e. The Morgan fingerprint density at radius 3 is 2.30 bits per heavy atom. The Morgan fingerprint density at radius 1 is 1.15 bits per heavy atom. The van der Waals surface area contributed by atoms with Crippen molar-refractivity contribution in [3.63, 3.8) is 0 Å². The Hall–Kier alpha value is -0.550. The fourth-order valence-electron chi connectivity index (χ4n) is 2.08. The highest BCUT2D eigenvalue weighted by Crippen LogP contribution is 2.20. The Labute approximate surface area is 126 Å². The zero-order chi connectivity index (χ0) is 15.0. The van der Waals surface area contributed by atoms with Crippen LogP contribution in [-0.2, 0) is 6.42 Å². The molecular formula is C16H27NO2S. The first-order valence-electron chi connectivity index (χ1n) is 7.19. The first-order chi connectivity index (χ1) is 9.56. The Bertz CT molecular complexity index is 367. The Morgan fingerprint density at radius 2 is 1.80 bits per heavy atom. The van der Waals surface area contributed by atoms with E-state index in [2.05, 4.69) is 43.4 Å². The van der Waals surface area contributed by atoms with E-state index >= 15 is 0 Å². The molecule has 0 amide bonds. The zero-order valence-electron chi connectivity index (χ0n) is 12.7. The number of hydrogen-bond donors (Lipinski definition) is 3. The van der Waals surface area contributed by atoms with Crippen LogP contribution in [0.1, 0.15) is 31.0 Å². The summed E-state index contributed by atoms with van der Waals surface area (Å²) in [5, 5.41) is 21.4. The second-order valence-corrected chi connectivity index (χ2v) is 6.63. The van der Waals surface area contributed by atoms with Crippen molar-refractivity contribution in [1.82, 2.24) is 5.32 Å². The molecule has 0 saturated carbocycles. The molecule has 3 nitrogen and oxygen atoms in total. The van der Waals surface area contributed by atoms with Gasteiger partial charge in [0, 0.05) is 17.5 Å². The quantitative estimate of drug-likeness (QED) is 0.654. The van der Waals surface area contributed by atoms with E-state index in [-0.39, 0.29) is 12.6 Å². The summed E-state index contributed by atoms with van der Waals surface area (Å²) in [6.07, 6.45) is 0.494. The van der Waals surface area contributed by atoms with Crippen molar-refractivity contribution in [3.8, 4) is 0 Å². The van der Waals surface area contributed by atoms with Gasteiger partial charge >= 0.3 is 0 Å². The number of rotatable bonds is 9. The first kappa shape index (κ1) is 17.5. The van der Waals surface area contributed by atoms with Crippen LogP contribution in [0.2, 0.25) is 0 Å². The van der Waals surface area contributed by atoms with Crippen molar-refractivity contribution in [2.24, 2.45) is 5.92 Å². The molecule has 0 aliphatic carbocycles. The van der Waals surface area contributed by atoms with E-state index in [1.165, 1.54) is 11.1 Å². The summed E-state index contributed by atoms with van der Waals surface area (Å²) >= 11 is 1.66. The Kier molecular flexibility index (Phi) is 8.22. The molecule has 1 rings (SSSR count). The molecule has 20 heavy (non-hydrogen) atoms. The van der Waals surface area contributed by atoms with Crippen molar-refractivity contribution >= 4 is 11.8 Å². The van der Waals surface area contributed by atoms with Crippen molar-refractivity contribution in [2.45, 2.75) is 32.4 Å². The lowest BCUT2D eigenvalue weighted by Gasteiger charge is -2.18. The lowest BCUT2D eigenvalue weighted by Crippen LogP contribution is -2.21. The van der Waals surface area contributed by atoms with Crippen molar-refractivity contribution < 1.29 is 10.2 Å². The maximum atomic E-state index is 9.34. The van der Waals surface area contributed by atoms with Gasteiger partial charge in [-0.2, -0.15) is 11.8 Å². The van der Waals surface area contributed by atoms with Crippen LogP contribution in [-0.4, -0.2) is 41.5 Å². The molecule has 2 atom stereocenters. The number of aliphatic hydroxyl groups is 2. The molecule has 2 unspecified atom stereocenters. The van der Waals surface area contributed by atoms with E-state index in [1.807, 2.05) is 7.05 Å². The molecule has 1 aromatic rings. The molecule has 0 bridgehead atoms. The van der Waals surface area contributed by atoms with Gasteiger partial charge in [0.25, 0.3) is 0 Å². The highest BCUT2D eigenvalue weighted by atomic mass is 32.2. The minimum atomic E-state index is -0.620. The molecule has 0 aromatic heterocycles. The van der Waals surface area contributed by atoms with E-state index in [4.69, 9.17) is 5.11 Å². The summed E-state index contributed by atoms with van der Waals surface area (Å²) in [5.41, 5.74) is 2.65. The summed E-state index contributed by atoms with van der Waals surface area (Å²) in [7, 11) is 1.95. The highest BCUT2D eigenvalue weighted by molar-refractivity contribution is 7.99. The molecule has 0 spiro atoms. The van der Waals surface area contributed by atoms with E-state index in [9.17, 15) is 5.11 Å². The molecule has 0 radical (unpaired) electrons. The second-order valence-electron chi connectivity index (χ2n) is 5.55. The second kappa shape index (κ2) is 9.40. The number of nitrogens with one attached hydrogen (secondary N) is 1. The van der Waals surface area contributed by atoms with Gasteiger partial charge in [-0.05, 0) is 30.5 Å². The zero-order valence-corrected chi connectivity index (χ0v) is 13.5. The van der Waals surface area contributed by atoms with E-state index in [0.717, 1.165) is 12.2 Å². The summed E-state index contributed by atoms with van der Waals surface area (Å²) < 4.78 is 0. The van der Waals surface area contributed by atoms with Gasteiger partial charge in [-0.1, -0.05) is 38.1 Å². The van der Waals surface area contributed by atoms with E-state index in [1.54, 1.807) is 11.8 Å². The average Bonchev–Trinajstić information content (AvgIpc) is 2.44. The molecule has 0 heterocycles. The summed E-state index contributed by atoms with van der Waals surface area (Å²) in [5.74, 6) is 2.13. The van der Waals surface area contributed by atoms with E-state index in [0.29, 0.717) is 11.7 Å². The number of benzene rings is 1. The monoisotopic (exact) mass is 297 g/mol. The van der Waals surface area contributed by atoms with Crippen LogP contribution >= 0.6 is 11.8 Å². The lowest BCUT2D eigenvalue weighted by molar-refractivity contribution is 0.113. The summed E-state index contributed by atoms with van der Waals surface area (Å²) in [6.45, 7) is 4.29. The molecule has 0 fully saturated rings. The number of hydrogen-bond acceptors (Lipinski definition) is 4. The SMILES string of the molecule is CNC(CSCC(O)CO)c1ccc(CC(C)C)cc1. The Balaban J connectivity index is 2.52. The molecule has 0 aliphatic heterocycles. The van der Waals surface area contributed by atoms with Gasteiger partial charge in [0.2, 0.25) is 0 Å². The largest absolute Gasteiger partial charge is 0.394 e. The molecule has 114 valence electrons. The highest BCUT2D eigenvalue weighted by Gasteiger charge is 2.11. The minimum Gasteiger partial charge on any atom is -0.394 e. The molecule has 0 saturated heterocycles. The van der Waals surface area contributed by atoms with Gasteiger partial charge in [-0.3, -0.25) is 0 Å². The van der Waals surface area contributed by atoms with Crippen LogP contribution in [0.3, 0.4) is 0 Å². The van der Waals surface area contributed by atoms with Crippen molar-refractivity contribution in [3.05, 3.63) is 35.4 Å². The molecular weight excluding hydrogens is 270 g/mol. The van der Waals surface area contributed by atoms with Crippen LogP contribution in [0.4, 0.5) is 0 Å². The third-order valence-electron chi connectivity index (χ3n) is 3.18. The van der Waals surface area contributed by atoms with Gasteiger partial charge in [0.1, 0.15) is 0 Å². The van der Waals surface area contributed by atoms with Gasteiger partial charge < -0.3 is 15.5 Å². The fourth-order valence-corrected chi connectivity index (χ4v) is 3.19. The molecule has 3 N–H and O–H groups in total. The standard InChI is InChI=1S/C16H27NO2S/c1-12(2)8-13-4-6-14(7-5-13)16(17-3)11-20-10-15(19)9-18/h4-7,12,15-19H,8-11H2,1-3H3. The van der Waals surface area contributed by atoms with Crippen molar-refractivity contribution in [2.75, 3.05) is 25.2 Å². The van der Waals surface area contributed by atoms with Crippen LogP contribution in [0, 0.1) is 5.92 Å². The topological polar surface area (TPSA) is 52.5 Å². The fraction of sp³-hybridized carbons (Fsp3) is 0.625. The molecule has 4 heteroatoms. The molecule has 0 aliphatic rings. The predicted molar refractivity (Wildman–Crippen MR) is 87.2 cm³/mol. The lowest BCUT2D eigenvalue weighted by atomic mass is 10.00. The van der Waals surface area contributed by atoms with Gasteiger partial charge in [-0.25, -0.2) is 0 Å². The first-order valence-corrected chi connectivity index (χ1v) is 8.35. The van der Waals surface area contributed by atoms with Crippen LogP contribution in [0.5, 0.6) is 0 Å². The normalized spacial score (nSPS) is 14.5. The van der Waals surface area contributed by atoms with Crippen LogP contribution < -0.4 is 5.32 Å². The van der Waals surface area contributed by atoms with Gasteiger partial charge in [0.05, 0.1) is 12.7 Å². The third kappa shape index (κ3) is 6.27. The number of aliphatic hydroxyl groups excluding tert-OH is 2. The predicted octanol–water partition coefficient (Wildman–Crippen LogP) is 2.23. The minimum absolute atomic E-state index is 0.166. The third-order valence-corrected chi connectivity index (χ3v) is 4.37. The maximum absolute atomic E-state index is 9.34. The van der Waals surface area contributed by atoms with Gasteiger partial charge in [0.15, 0.2) is 0 Å². The van der Waals surface area contributed by atoms with Crippen LogP contribution in [0.15, 0.2) is 24.3 Å². The number of thioether (sulfide) groups is 1. The molecule has 1 aromatic carbocycles. The van der Waals surface area contributed by atoms with E-state index < -0.39 is 6.10 Å². The van der Waals surface area contributed by atoms with Crippen molar-refractivity contribution in [1.29, 1.82) is 0 Å². The van der Waals surface area contributed by atoms with Gasteiger partial charge in [-0.15, -0.1) is 0 Å². The van der Waals surface area contributed by atoms with Crippen LogP contribution in [0.25, 0.3) is 0 Å². The summed E-state index contributed by atoms with van der Waals surface area (Å²) in [4.78, 5) is 0. The average molecular weight is 297 g/mol. The smallest absolute Gasteiger partial charge is 0.0861 e. The summed E-state index contributed by atoms with van der Waals surface area (Å²) in [6, 6.07) is 9.04.